The monoisotopic (exact) mass is 404 g/mol. The smallest absolute Gasteiger partial charge is 0.253 e. The fourth-order valence-electron chi connectivity index (χ4n) is 2.85. The third-order valence-electron chi connectivity index (χ3n) is 4.36. The van der Waals surface area contributed by atoms with Crippen molar-refractivity contribution in [2.75, 3.05) is 12.0 Å². The van der Waals surface area contributed by atoms with Crippen LogP contribution in [0.4, 0.5) is 0 Å². The van der Waals surface area contributed by atoms with Gasteiger partial charge < -0.3 is 10.6 Å². The molecular formula is C21H25ClN2O2S. The van der Waals surface area contributed by atoms with Gasteiger partial charge in [-0.15, -0.1) is 0 Å². The molecule has 0 spiro atoms. The van der Waals surface area contributed by atoms with Crippen molar-refractivity contribution >= 4 is 35.2 Å². The van der Waals surface area contributed by atoms with Crippen LogP contribution >= 0.6 is 23.4 Å². The molecule has 2 N–H and O–H groups in total. The Balaban J connectivity index is 2.10. The molecule has 0 aromatic heterocycles. The Labute approximate surface area is 170 Å². The van der Waals surface area contributed by atoms with E-state index in [-0.39, 0.29) is 17.9 Å². The van der Waals surface area contributed by atoms with Gasteiger partial charge in [-0.1, -0.05) is 48.0 Å². The van der Waals surface area contributed by atoms with E-state index in [4.69, 9.17) is 11.6 Å². The summed E-state index contributed by atoms with van der Waals surface area (Å²) >= 11 is 7.74. The molecule has 0 heterocycles. The summed E-state index contributed by atoms with van der Waals surface area (Å²) in [6, 6.07) is 14.0. The molecule has 2 rings (SSSR count). The largest absolute Gasteiger partial charge is 0.348 e. The minimum absolute atomic E-state index is 0.146. The number of carbonyl (C=O) groups excluding carboxylic acids is 2. The number of thioether (sulfide) groups is 1. The van der Waals surface area contributed by atoms with Crippen LogP contribution in [0.5, 0.6) is 0 Å². The Bertz CT molecular complexity index is 797. The van der Waals surface area contributed by atoms with E-state index in [0.29, 0.717) is 17.0 Å². The van der Waals surface area contributed by atoms with Gasteiger partial charge in [-0.2, -0.15) is 11.8 Å². The molecule has 27 heavy (non-hydrogen) atoms. The van der Waals surface area contributed by atoms with Crippen LogP contribution in [0.2, 0.25) is 5.02 Å². The summed E-state index contributed by atoms with van der Waals surface area (Å²) in [4.78, 5) is 25.4. The molecule has 6 heteroatoms. The normalized spacial score (nSPS) is 12.9. The first-order valence-corrected chi connectivity index (χ1v) is 10.6. The molecule has 0 radical (unpaired) electrons. The van der Waals surface area contributed by atoms with Gasteiger partial charge in [0, 0.05) is 0 Å². The number of nitrogens with one attached hydrogen (secondary N) is 2. The summed E-state index contributed by atoms with van der Waals surface area (Å²) < 4.78 is 0. The fraction of sp³-hybridized carbons (Fsp3) is 0.333. The lowest BCUT2D eigenvalue weighted by molar-refractivity contribution is -0.123. The van der Waals surface area contributed by atoms with Gasteiger partial charge in [-0.05, 0) is 55.5 Å². The number of carbonyl (C=O) groups is 2. The molecular weight excluding hydrogens is 380 g/mol. The van der Waals surface area contributed by atoms with E-state index >= 15 is 0 Å². The number of benzene rings is 2. The van der Waals surface area contributed by atoms with Gasteiger partial charge in [0.15, 0.2) is 0 Å². The highest BCUT2D eigenvalue weighted by Gasteiger charge is 2.23. The lowest BCUT2D eigenvalue weighted by Gasteiger charge is -2.22. The molecule has 2 aromatic carbocycles. The summed E-state index contributed by atoms with van der Waals surface area (Å²) in [6.07, 6.45) is 2.52. The van der Waals surface area contributed by atoms with E-state index in [1.165, 1.54) is 0 Å². The van der Waals surface area contributed by atoms with Crippen LogP contribution < -0.4 is 10.6 Å². The van der Waals surface area contributed by atoms with Crippen LogP contribution in [0, 0.1) is 6.92 Å². The van der Waals surface area contributed by atoms with Crippen molar-refractivity contribution in [1.82, 2.24) is 10.6 Å². The van der Waals surface area contributed by atoms with Crippen molar-refractivity contribution in [1.29, 1.82) is 0 Å². The van der Waals surface area contributed by atoms with Crippen molar-refractivity contribution in [3.8, 4) is 0 Å². The average Bonchev–Trinajstić information content (AvgIpc) is 2.65. The van der Waals surface area contributed by atoms with E-state index in [0.717, 1.165) is 16.9 Å². The summed E-state index contributed by atoms with van der Waals surface area (Å²) in [5, 5.41) is 6.22. The zero-order valence-corrected chi connectivity index (χ0v) is 17.4. The molecule has 0 fully saturated rings. The standard InChI is InChI=1S/C21H25ClN2O2S/c1-14-8-4-5-9-16(14)15(2)23-21(26)19(12-13-27-3)24-20(25)17-10-6-7-11-18(17)22/h4-11,15,19H,12-13H2,1-3H3,(H,23,26)(H,24,25). The molecule has 2 aromatic rings. The molecule has 4 nitrogen and oxygen atoms in total. The van der Waals surface area contributed by atoms with Gasteiger partial charge in [-0.25, -0.2) is 0 Å². The molecule has 0 aliphatic carbocycles. The van der Waals surface area contributed by atoms with Gasteiger partial charge >= 0.3 is 0 Å². The number of hydrogen-bond acceptors (Lipinski definition) is 3. The van der Waals surface area contributed by atoms with Gasteiger partial charge in [0.2, 0.25) is 5.91 Å². The Morgan fingerprint density at radius 3 is 2.41 bits per heavy atom. The molecule has 0 bridgehead atoms. The second-order valence-corrected chi connectivity index (χ2v) is 7.77. The van der Waals surface area contributed by atoms with Crippen LogP contribution in [-0.2, 0) is 4.79 Å². The number of rotatable bonds is 8. The topological polar surface area (TPSA) is 58.2 Å². The van der Waals surface area contributed by atoms with Crippen LogP contribution in [0.15, 0.2) is 48.5 Å². The van der Waals surface area contributed by atoms with Gasteiger partial charge in [0.25, 0.3) is 5.91 Å². The zero-order valence-electron chi connectivity index (χ0n) is 15.8. The predicted molar refractivity (Wildman–Crippen MR) is 113 cm³/mol. The highest BCUT2D eigenvalue weighted by molar-refractivity contribution is 7.98. The van der Waals surface area contributed by atoms with Crippen molar-refractivity contribution in [3.05, 3.63) is 70.2 Å². The van der Waals surface area contributed by atoms with Crippen molar-refractivity contribution in [2.24, 2.45) is 0 Å². The summed E-state index contributed by atoms with van der Waals surface area (Å²) in [6.45, 7) is 3.96. The Morgan fingerprint density at radius 2 is 1.74 bits per heavy atom. The fourth-order valence-corrected chi connectivity index (χ4v) is 3.54. The van der Waals surface area contributed by atoms with E-state index in [9.17, 15) is 9.59 Å². The van der Waals surface area contributed by atoms with Crippen molar-refractivity contribution in [3.63, 3.8) is 0 Å². The molecule has 0 saturated heterocycles. The summed E-state index contributed by atoms with van der Waals surface area (Å²) in [5.41, 5.74) is 2.55. The third kappa shape index (κ3) is 6.01. The molecule has 0 aliphatic rings. The lowest BCUT2D eigenvalue weighted by Crippen LogP contribution is -2.47. The van der Waals surface area contributed by atoms with Crippen molar-refractivity contribution in [2.45, 2.75) is 32.4 Å². The maximum Gasteiger partial charge on any atom is 0.253 e. The van der Waals surface area contributed by atoms with Crippen LogP contribution in [0.25, 0.3) is 0 Å². The minimum atomic E-state index is -0.618. The maximum absolute atomic E-state index is 12.8. The molecule has 144 valence electrons. The van der Waals surface area contributed by atoms with Crippen LogP contribution in [0.1, 0.15) is 40.9 Å². The van der Waals surface area contributed by atoms with Crippen molar-refractivity contribution < 1.29 is 9.59 Å². The quantitative estimate of drug-likeness (QED) is 0.686. The first-order chi connectivity index (χ1) is 12.9. The van der Waals surface area contributed by atoms with E-state index in [2.05, 4.69) is 10.6 Å². The van der Waals surface area contributed by atoms with Crippen LogP contribution in [-0.4, -0.2) is 29.9 Å². The number of hydrogen-bond donors (Lipinski definition) is 2. The van der Waals surface area contributed by atoms with Gasteiger partial charge in [-0.3, -0.25) is 9.59 Å². The average molecular weight is 405 g/mol. The molecule has 2 amide bonds. The predicted octanol–water partition coefficient (Wildman–Crippen LogP) is 4.38. The highest BCUT2D eigenvalue weighted by Crippen LogP contribution is 2.18. The minimum Gasteiger partial charge on any atom is -0.348 e. The molecule has 2 unspecified atom stereocenters. The zero-order chi connectivity index (χ0) is 19.8. The summed E-state index contributed by atoms with van der Waals surface area (Å²) in [7, 11) is 0. The third-order valence-corrected chi connectivity index (χ3v) is 5.34. The lowest BCUT2D eigenvalue weighted by atomic mass is 10.0. The molecule has 0 aliphatic heterocycles. The Kier molecular flexibility index (Phi) is 8.20. The first-order valence-electron chi connectivity index (χ1n) is 8.84. The maximum atomic E-state index is 12.8. The number of halogens is 1. The number of aryl methyl sites for hydroxylation is 1. The second kappa shape index (κ2) is 10.4. The number of amides is 2. The summed E-state index contributed by atoms with van der Waals surface area (Å²) in [5.74, 6) is 0.227. The van der Waals surface area contributed by atoms with Gasteiger partial charge in [0.05, 0.1) is 16.6 Å². The molecule has 2 atom stereocenters. The Hall–Kier alpha value is -1.98. The van der Waals surface area contributed by atoms with E-state index in [1.54, 1.807) is 36.0 Å². The molecule has 0 saturated carbocycles. The van der Waals surface area contributed by atoms with E-state index < -0.39 is 6.04 Å². The second-order valence-electron chi connectivity index (χ2n) is 6.37. The SMILES string of the molecule is CSCCC(NC(=O)c1ccccc1Cl)C(=O)NC(C)c1ccccc1C. The Morgan fingerprint density at radius 1 is 1.07 bits per heavy atom. The van der Waals surface area contributed by atoms with E-state index in [1.807, 2.05) is 44.4 Å². The van der Waals surface area contributed by atoms with Gasteiger partial charge in [0.1, 0.15) is 6.04 Å². The highest BCUT2D eigenvalue weighted by atomic mass is 35.5. The van der Waals surface area contributed by atoms with Crippen LogP contribution in [0.3, 0.4) is 0 Å². The first kappa shape index (κ1) is 21.3.